The molecule has 0 spiro atoms. The van der Waals surface area contributed by atoms with Gasteiger partial charge in [-0.1, -0.05) is 23.8 Å². The van der Waals surface area contributed by atoms with Gasteiger partial charge in [0.1, 0.15) is 11.6 Å². The molecule has 0 aliphatic carbocycles. The first-order chi connectivity index (χ1) is 11.4. The molecule has 0 bridgehead atoms. The fourth-order valence-electron chi connectivity index (χ4n) is 2.32. The summed E-state index contributed by atoms with van der Waals surface area (Å²) < 4.78 is 4.66. The monoisotopic (exact) mass is 346 g/mol. The quantitative estimate of drug-likeness (QED) is 0.754. The van der Waals surface area contributed by atoms with Crippen LogP contribution >= 0.6 is 11.3 Å². The molecule has 0 saturated heterocycles. The summed E-state index contributed by atoms with van der Waals surface area (Å²) in [5.74, 6) is -0.549. The zero-order valence-electron chi connectivity index (χ0n) is 14.4. The Morgan fingerprint density at radius 1 is 1.33 bits per heavy atom. The van der Waals surface area contributed by atoms with Gasteiger partial charge in [0.05, 0.1) is 19.2 Å². The maximum atomic E-state index is 12.5. The molecular formula is C18H22N2O3S. The summed E-state index contributed by atoms with van der Waals surface area (Å²) in [4.78, 5) is 30.0. The van der Waals surface area contributed by atoms with Crippen LogP contribution in [0.3, 0.4) is 0 Å². The van der Waals surface area contributed by atoms with Crippen molar-refractivity contribution in [2.45, 2.75) is 33.2 Å². The number of aryl methyl sites for hydroxylation is 1. The highest BCUT2D eigenvalue weighted by atomic mass is 32.1. The van der Waals surface area contributed by atoms with Gasteiger partial charge in [0.15, 0.2) is 0 Å². The molecule has 2 aromatic rings. The number of methoxy groups -OCH3 is 1. The fourth-order valence-corrected chi connectivity index (χ4v) is 3.13. The van der Waals surface area contributed by atoms with E-state index in [1.807, 2.05) is 44.4 Å². The summed E-state index contributed by atoms with van der Waals surface area (Å²) in [6.07, 6.45) is 0.178. The van der Waals surface area contributed by atoms with Gasteiger partial charge in [0, 0.05) is 17.0 Å². The first-order valence-corrected chi connectivity index (χ1v) is 8.66. The highest BCUT2D eigenvalue weighted by Gasteiger charge is 2.21. The van der Waals surface area contributed by atoms with E-state index in [0.717, 1.165) is 16.3 Å². The Kier molecular flexibility index (Phi) is 6.09. The van der Waals surface area contributed by atoms with Crippen LogP contribution in [-0.4, -0.2) is 41.5 Å². The average molecular weight is 346 g/mol. The average Bonchev–Trinajstić information content (AvgIpc) is 3.00. The lowest BCUT2D eigenvalue weighted by Gasteiger charge is -2.25. The van der Waals surface area contributed by atoms with Crippen LogP contribution in [0.5, 0.6) is 0 Å². The maximum Gasteiger partial charge on any atom is 0.325 e. The Bertz CT molecular complexity index is 725. The SMILES string of the molecule is COC(=O)CN(C(=O)Cc1csc(-c2cccc(C)c2)n1)C(C)C. The zero-order chi connectivity index (χ0) is 17.7. The lowest BCUT2D eigenvalue weighted by molar-refractivity contribution is -0.148. The Balaban J connectivity index is 2.10. The van der Waals surface area contributed by atoms with Crippen LogP contribution in [0.1, 0.15) is 25.1 Å². The standard InChI is InChI=1S/C18H22N2O3S/c1-12(2)20(10-17(22)23-4)16(21)9-15-11-24-18(19-15)14-7-5-6-13(3)8-14/h5-8,11-12H,9-10H2,1-4H3. The minimum atomic E-state index is -0.421. The van der Waals surface area contributed by atoms with Crippen LogP contribution < -0.4 is 0 Å². The number of benzene rings is 1. The Hall–Kier alpha value is -2.21. The van der Waals surface area contributed by atoms with Crippen molar-refractivity contribution in [3.05, 3.63) is 40.9 Å². The first kappa shape index (κ1) is 18.1. The first-order valence-electron chi connectivity index (χ1n) is 7.78. The van der Waals surface area contributed by atoms with Gasteiger partial charge in [-0.15, -0.1) is 11.3 Å². The number of carbonyl (C=O) groups excluding carboxylic acids is 2. The lowest BCUT2D eigenvalue weighted by atomic mass is 10.1. The maximum absolute atomic E-state index is 12.5. The number of aromatic nitrogens is 1. The summed E-state index contributed by atoms with van der Waals surface area (Å²) in [5.41, 5.74) is 2.94. The van der Waals surface area contributed by atoms with Crippen molar-refractivity contribution in [1.82, 2.24) is 9.88 Å². The van der Waals surface area contributed by atoms with Gasteiger partial charge in [0.2, 0.25) is 5.91 Å². The largest absolute Gasteiger partial charge is 0.468 e. The normalized spacial score (nSPS) is 10.7. The van der Waals surface area contributed by atoms with Crippen LogP contribution in [0, 0.1) is 6.92 Å². The van der Waals surface area contributed by atoms with Gasteiger partial charge in [-0.25, -0.2) is 4.98 Å². The van der Waals surface area contributed by atoms with E-state index >= 15 is 0 Å². The molecule has 0 unspecified atom stereocenters. The molecule has 128 valence electrons. The molecule has 1 aromatic carbocycles. The van der Waals surface area contributed by atoms with E-state index in [-0.39, 0.29) is 24.9 Å². The minimum Gasteiger partial charge on any atom is -0.468 e. The van der Waals surface area contributed by atoms with Crippen molar-refractivity contribution >= 4 is 23.2 Å². The molecule has 0 N–H and O–H groups in total. The molecule has 0 atom stereocenters. The Labute approximate surface area is 146 Å². The molecule has 0 saturated carbocycles. The molecule has 0 fully saturated rings. The number of carbonyl (C=O) groups is 2. The van der Waals surface area contributed by atoms with Gasteiger partial charge in [-0.2, -0.15) is 0 Å². The molecule has 0 aliphatic heterocycles. The van der Waals surface area contributed by atoms with E-state index in [1.54, 1.807) is 0 Å². The number of thiazole rings is 1. The molecular weight excluding hydrogens is 324 g/mol. The summed E-state index contributed by atoms with van der Waals surface area (Å²) in [7, 11) is 1.32. The van der Waals surface area contributed by atoms with Crippen molar-refractivity contribution in [2.24, 2.45) is 0 Å². The van der Waals surface area contributed by atoms with Gasteiger partial charge < -0.3 is 9.64 Å². The van der Waals surface area contributed by atoms with Crippen LogP contribution in [0.25, 0.3) is 10.6 Å². The summed E-state index contributed by atoms with van der Waals surface area (Å²) in [6, 6.07) is 8.03. The molecule has 1 heterocycles. The van der Waals surface area contributed by atoms with Crippen molar-refractivity contribution in [1.29, 1.82) is 0 Å². The second-order valence-corrected chi connectivity index (χ2v) is 6.74. The number of amides is 1. The van der Waals surface area contributed by atoms with Crippen LogP contribution in [0.4, 0.5) is 0 Å². The van der Waals surface area contributed by atoms with E-state index in [9.17, 15) is 9.59 Å². The van der Waals surface area contributed by atoms with E-state index in [0.29, 0.717) is 0 Å². The second-order valence-electron chi connectivity index (χ2n) is 5.88. The molecule has 6 heteroatoms. The Morgan fingerprint density at radius 2 is 2.08 bits per heavy atom. The van der Waals surface area contributed by atoms with Gasteiger partial charge >= 0.3 is 5.97 Å². The molecule has 2 rings (SSSR count). The predicted molar refractivity (Wildman–Crippen MR) is 94.9 cm³/mol. The van der Waals surface area contributed by atoms with Crippen molar-refractivity contribution in [3.63, 3.8) is 0 Å². The van der Waals surface area contributed by atoms with Crippen molar-refractivity contribution < 1.29 is 14.3 Å². The minimum absolute atomic E-state index is 0.0398. The highest BCUT2D eigenvalue weighted by molar-refractivity contribution is 7.13. The van der Waals surface area contributed by atoms with Gasteiger partial charge in [-0.05, 0) is 26.8 Å². The molecule has 5 nitrogen and oxygen atoms in total. The number of hydrogen-bond donors (Lipinski definition) is 0. The molecule has 0 radical (unpaired) electrons. The van der Waals surface area contributed by atoms with Crippen LogP contribution in [0.2, 0.25) is 0 Å². The summed E-state index contributed by atoms with van der Waals surface area (Å²) in [6.45, 7) is 5.75. The second kappa shape index (κ2) is 8.06. The molecule has 1 amide bonds. The molecule has 0 aliphatic rings. The third-order valence-electron chi connectivity index (χ3n) is 3.62. The van der Waals surface area contributed by atoms with Crippen LogP contribution in [0.15, 0.2) is 29.6 Å². The Morgan fingerprint density at radius 3 is 2.71 bits per heavy atom. The molecule has 1 aromatic heterocycles. The fraction of sp³-hybridized carbons (Fsp3) is 0.389. The summed E-state index contributed by atoms with van der Waals surface area (Å²) in [5, 5.41) is 2.79. The van der Waals surface area contributed by atoms with Crippen molar-refractivity contribution in [3.8, 4) is 10.6 Å². The third-order valence-corrected chi connectivity index (χ3v) is 4.56. The van der Waals surface area contributed by atoms with Crippen LogP contribution in [-0.2, 0) is 20.7 Å². The number of esters is 1. The highest BCUT2D eigenvalue weighted by Crippen LogP contribution is 2.24. The third kappa shape index (κ3) is 4.64. The number of nitrogens with zero attached hydrogens (tertiary/aromatic N) is 2. The van der Waals surface area contributed by atoms with Gasteiger partial charge in [0.25, 0.3) is 0 Å². The number of ether oxygens (including phenoxy) is 1. The lowest BCUT2D eigenvalue weighted by Crippen LogP contribution is -2.41. The topological polar surface area (TPSA) is 59.5 Å². The summed E-state index contributed by atoms with van der Waals surface area (Å²) >= 11 is 1.52. The van der Waals surface area contributed by atoms with E-state index < -0.39 is 5.97 Å². The smallest absolute Gasteiger partial charge is 0.325 e. The number of rotatable bonds is 6. The van der Waals surface area contributed by atoms with Crippen molar-refractivity contribution in [2.75, 3.05) is 13.7 Å². The predicted octanol–water partition coefficient (Wildman–Crippen LogP) is 3.07. The number of hydrogen-bond acceptors (Lipinski definition) is 5. The molecule has 24 heavy (non-hydrogen) atoms. The zero-order valence-corrected chi connectivity index (χ0v) is 15.2. The van der Waals surface area contributed by atoms with E-state index in [1.165, 1.54) is 28.9 Å². The van der Waals surface area contributed by atoms with Gasteiger partial charge in [-0.3, -0.25) is 9.59 Å². The van der Waals surface area contributed by atoms with E-state index in [4.69, 9.17) is 0 Å². The van der Waals surface area contributed by atoms with E-state index in [2.05, 4.69) is 15.8 Å².